The molecule has 0 fully saturated rings. The molecule has 0 atom stereocenters. The van der Waals surface area contributed by atoms with Gasteiger partial charge >= 0.3 is 0 Å². The zero-order valence-corrected chi connectivity index (χ0v) is 9.41. The number of methoxy groups -OCH3 is 1. The highest BCUT2D eigenvalue weighted by atomic mass is 32.1. The highest BCUT2D eigenvalue weighted by Crippen LogP contribution is 2.22. The van der Waals surface area contributed by atoms with Crippen LogP contribution in [0.2, 0.25) is 0 Å². The molecule has 0 saturated carbocycles. The molecule has 3 heterocycles. The summed E-state index contributed by atoms with van der Waals surface area (Å²) in [6.45, 7) is 0. The molecule has 3 aromatic rings. The lowest BCUT2D eigenvalue weighted by Gasteiger charge is -1.95. The van der Waals surface area contributed by atoms with Gasteiger partial charge in [-0.2, -0.15) is 16.3 Å². The summed E-state index contributed by atoms with van der Waals surface area (Å²) in [7, 11) is 1.60. The van der Waals surface area contributed by atoms with Gasteiger partial charge in [0.1, 0.15) is 5.82 Å². The second-order valence-corrected chi connectivity index (χ2v) is 4.10. The number of nitrogens with zero attached hydrogens (tertiary/aromatic N) is 2. The average molecular weight is 231 g/mol. The van der Waals surface area contributed by atoms with E-state index in [2.05, 4.69) is 20.3 Å². The highest BCUT2D eigenvalue weighted by molar-refractivity contribution is 7.08. The van der Waals surface area contributed by atoms with E-state index in [9.17, 15) is 0 Å². The van der Waals surface area contributed by atoms with E-state index in [1.807, 2.05) is 23.6 Å². The molecule has 3 rings (SSSR count). The van der Waals surface area contributed by atoms with Gasteiger partial charge in [0.2, 0.25) is 5.88 Å². The molecule has 4 nitrogen and oxygen atoms in total. The van der Waals surface area contributed by atoms with Crippen LogP contribution in [-0.2, 0) is 0 Å². The molecule has 0 unspecified atom stereocenters. The lowest BCUT2D eigenvalue weighted by molar-refractivity contribution is 0.399. The molecule has 0 radical (unpaired) electrons. The largest absolute Gasteiger partial charge is 0.481 e. The molecule has 1 N–H and O–H groups in total. The molecule has 16 heavy (non-hydrogen) atoms. The quantitative estimate of drug-likeness (QED) is 0.737. The maximum atomic E-state index is 5.06. The normalized spacial score (nSPS) is 10.8. The summed E-state index contributed by atoms with van der Waals surface area (Å²) in [5, 5.41) is 4.07. The summed E-state index contributed by atoms with van der Waals surface area (Å²) in [6.07, 6.45) is 0. The first-order valence-electron chi connectivity index (χ1n) is 4.80. The maximum absolute atomic E-state index is 5.06. The van der Waals surface area contributed by atoms with Crippen LogP contribution in [0.3, 0.4) is 0 Å². The number of fused-ring (bicyclic) bond motifs is 1. The first-order valence-corrected chi connectivity index (χ1v) is 5.74. The minimum absolute atomic E-state index is 0.580. The number of ether oxygens (including phenoxy) is 1. The predicted octanol–water partition coefficient (Wildman–Crippen LogP) is 2.70. The lowest BCUT2D eigenvalue weighted by Crippen LogP contribution is -1.86. The molecule has 0 spiro atoms. The Morgan fingerprint density at radius 1 is 1.25 bits per heavy atom. The number of nitrogens with one attached hydrogen (secondary N) is 1. The second kappa shape index (κ2) is 3.61. The third-order valence-corrected chi connectivity index (χ3v) is 3.01. The standard InChI is InChI=1S/C11H9N3OS/c1-15-9-3-2-8-11(13-9)14-10(12-8)7-4-5-16-6-7/h2-6H,1H3,(H,12,13,14). The van der Waals surface area contributed by atoms with Crippen LogP contribution in [0.4, 0.5) is 0 Å². The first kappa shape index (κ1) is 9.35. The van der Waals surface area contributed by atoms with Crippen molar-refractivity contribution < 1.29 is 4.74 Å². The van der Waals surface area contributed by atoms with E-state index in [1.54, 1.807) is 18.4 Å². The molecule has 5 heteroatoms. The van der Waals surface area contributed by atoms with Gasteiger partial charge in [-0.3, -0.25) is 0 Å². The van der Waals surface area contributed by atoms with Gasteiger partial charge < -0.3 is 9.72 Å². The average Bonchev–Trinajstić information content (AvgIpc) is 2.96. The van der Waals surface area contributed by atoms with E-state index < -0.39 is 0 Å². The molecule has 0 aliphatic rings. The molecular formula is C11H9N3OS. The zero-order chi connectivity index (χ0) is 11.0. The van der Waals surface area contributed by atoms with Crippen LogP contribution in [0.1, 0.15) is 0 Å². The third-order valence-electron chi connectivity index (χ3n) is 2.32. The third kappa shape index (κ3) is 1.45. The van der Waals surface area contributed by atoms with Gasteiger partial charge in [-0.25, -0.2) is 4.98 Å². The van der Waals surface area contributed by atoms with E-state index in [0.717, 1.165) is 16.9 Å². The number of rotatable bonds is 2. The molecule has 0 aliphatic carbocycles. The lowest BCUT2D eigenvalue weighted by atomic mass is 10.3. The van der Waals surface area contributed by atoms with Crippen molar-refractivity contribution in [3.63, 3.8) is 0 Å². The van der Waals surface area contributed by atoms with Crippen LogP contribution in [-0.4, -0.2) is 22.1 Å². The number of pyridine rings is 1. The zero-order valence-electron chi connectivity index (χ0n) is 8.60. The second-order valence-electron chi connectivity index (χ2n) is 3.32. The minimum atomic E-state index is 0.580. The van der Waals surface area contributed by atoms with E-state index in [0.29, 0.717) is 11.5 Å². The number of aromatic amines is 1. The Morgan fingerprint density at radius 2 is 2.19 bits per heavy atom. The summed E-state index contributed by atoms with van der Waals surface area (Å²) in [5.74, 6) is 1.42. The monoisotopic (exact) mass is 231 g/mol. The van der Waals surface area contributed by atoms with Gasteiger partial charge in [-0.1, -0.05) is 0 Å². The highest BCUT2D eigenvalue weighted by Gasteiger charge is 2.07. The van der Waals surface area contributed by atoms with Gasteiger partial charge in [-0.05, 0) is 17.5 Å². The molecular weight excluding hydrogens is 222 g/mol. The van der Waals surface area contributed by atoms with Crippen LogP contribution < -0.4 is 4.74 Å². The van der Waals surface area contributed by atoms with Gasteiger partial charge in [0.05, 0.1) is 12.6 Å². The first-order chi connectivity index (χ1) is 7.86. The van der Waals surface area contributed by atoms with Gasteiger partial charge in [0, 0.05) is 17.0 Å². The Labute approximate surface area is 95.9 Å². The predicted molar refractivity (Wildman–Crippen MR) is 63.8 cm³/mol. The van der Waals surface area contributed by atoms with Crippen LogP contribution in [0.25, 0.3) is 22.6 Å². The molecule has 0 bridgehead atoms. The summed E-state index contributed by atoms with van der Waals surface area (Å²) in [6, 6.07) is 5.77. The molecule has 0 aromatic carbocycles. The summed E-state index contributed by atoms with van der Waals surface area (Å²) >= 11 is 1.65. The molecule has 80 valence electrons. The van der Waals surface area contributed by atoms with Crippen molar-refractivity contribution in [2.45, 2.75) is 0 Å². The fraction of sp³-hybridized carbons (Fsp3) is 0.0909. The van der Waals surface area contributed by atoms with Crippen molar-refractivity contribution in [3.8, 4) is 17.3 Å². The number of aromatic nitrogens is 3. The Bertz CT molecular complexity index is 615. The summed E-state index contributed by atoms with van der Waals surface area (Å²) in [4.78, 5) is 11.9. The van der Waals surface area contributed by atoms with Gasteiger partial charge in [0.25, 0.3) is 0 Å². The number of thiophene rings is 1. The van der Waals surface area contributed by atoms with E-state index in [-0.39, 0.29) is 0 Å². The number of hydrogen-bond donors (Lipinski definition) is 1. The summed E-state index contributed by atoms with van der Waals surface area (Å²) < 4.78 is 5.06. The fourth-order valence-corrected chi connectivity index (χ4v) is 2.17. The Morgan fingerprint density at radius 3 is 2.94 bits per heavy atom. The molecule has 0 saturated heterocycles. The van der Waals surface area contributed by atoms with Crippen LogP contribution in [0.15, 0.2) is 29.0 Å². The Kier molecular flexibility index (Phi) is 2.11. The van der Waals surface area contributed by atoms with Gasteiger partial charge in [-0.15, -0.1) is 0 Å². The number of hydrogen-bond acceptors (Lipinski definition) is 4. The molecule has 0 amide bonds. The van der Waals surface area contributed by atoms with E-state index in [1.165, 1.54) is 0 Å². The Balaban J connectivity index is 2.16. The number of imidazole rings is 1. The molecule has 3 aromatic heterocycles. The van der Waals surface area contributed by atoms with Crippen molar-refractivity contribution in [2.75, 3.05) is 7.11 Å². The number of H-pyrrole nitrogens is 1. The van der Waals surface area contributed by atoms with Crippen molar-refractivity contribution in [1.82, 2.24) is 15.0 Å². The van der Waals surface area contributed by atoms with Crippen LogP contribution in [0.5, 0.6) is 5.88 Å². The van der Waals surface area contributed by atoms with E-state index >= 15 is 0 Å². The smallest absolute Gasteiger partial charge is 0.215 e. The van der Waals surface area contributed by atoms with Crippen LogP contribution in [0, 0.1) is 0 Å². The fourth-order valence-electron chi connectivity index (χ4n) is 1.52. The maximum Gasteiger partial charge on any atom is 0.215 e. The molecule has 0 aliphatic heterocycles. The van der Waals surface area contributed by atoms with Crippen molar-refractivity contribution in [3.05, 3.63) is 29.0 Å². The van der Waals surface area contributed by atoms with Gasteiger partial charge in [0.15, 0.2) is 5.65 Å². The van der Waals surface area contributed by atoms with Crippen LogP contribution >= 0.6 is 11.3 Å². The minimum Gasteiger partial charge on any atom is -0.481 e. The van der Waals surface area contributed by atoms with Crippen molar-refractivity contribution in [2.24, 2.45) is 0 Å². The van der Waals surface area contributed by atoms with Crippen molar-refractivity contribution >= 4 is 22.5 Å². The topological polar surface area (TPSA) is 50.8 Å². The van der Waals surface area contributed by atoms with E-state index in [4.69, 9.17) is 4.74 Å². The van der Waals surface area contributed by atoms with Crippen molar-refractivity contribution in [1.29, 1.82) is 0 Å². The SMILES string of the molecule is COc1ccc2[nH]c(-c3ccsc3)nc2n1. The summed E-state index contributed by atoms with van der Waals surface area (Å²) in [5.41, 5.74) is 2.68. The Hall–Kier alpha value is -1.88.